The molecule has 0 saturated heterocycles. The molecule has 0 aliphatic carbocycles. The van der Waals surface area contributed by atoms with Gasteiger partial charge in [-0.05, 0) is 24.1 Å². The van der Waals surface area contributed by atoms with Gasteiger partial charge in [0.2, 0.25) is 15.9 Å². The van der Waals surface area contributed by atoms with E-state index in [1.165, 1.54) is 0 Å². The van der Waals surface area contributed by atoms with Crippen LogP contribution in [0.4, 0.5) is 5.69 Å². The van der Waals surface area contributed by atoms with E-state index < -0.39 is 10.0 Å². The first-order chi connectivity index (χ1) is 8.37. The van der Waals surface area contributed by atoms with Crippen LogP contribution in [0.15, 0.2) is 24.3 Å². The Balaban J connectivity index is 2.29. The number of nitrogens with two attached hydrogens (primary N) is 2. The lowest BCUT2D eigenvalue weighted by molar-refractivity contribution is -0.120. The zero-order valence-corrected chi connectivity index (χ0v) is 10.7. The van der Waals surface area contributed by atoms with Gasteiger partial charge in [0.25, 0.3) is 0 Å². The minimum atomic E-state index is -3.52. The molecule has 0 spiro atoms. The molecular formula is C11H17N3O3S. The van der Waals surface area contributed by atoms with Crippen LogP contribution < -0.4 is 16.2 Å². The van der Waals surface area contributed by atoms with Crippen LogP contribution in [-0.2, 0) is 21.2 Å². The Morgan fingerprint density at radius 3 is 2.67 bits per heavy atom. The molecular weight excluding hydrogens is 254 g/mol. The summed E-state index contributed by atoms with van der Waals surface area (Å²) in [5.74, 6) is -0.460. The van der Waals surface area contributed by atoms with Crippen molar-refractivity contribution >= 4 is 21.6 Å². The Kier molecular flexibility index (Phi) is 5.11. The number of sulfonamides is 1. The van der Waals surface area contributed by atoms with Crippen LogP contribution in [0.3, 0.4) is 0 Å². The Bertz CT molecular complexity index is 514. The Labute approximate surface area is 106 Å². The fourth-order valence-corrected chi connectivity index (χ4v) is 1.81. The largest absolute Gasteiger partial charge is 0.399 e. The normalized spacial score (nSPS) is 11.2. The number of primary sulfonamides is 1. The summed E-state index contributed by atoms with van der Waals surface area (Å²) < 4.78 is 21.3. The third-order valence-corrected chi connectivity index (χ3v) is 3.07. The minimum absolute atomic E-state index is 0.0363. The van der Waals surface area contributed by atoms with Gasteiger partial charge in [0, 0.05) is 18.7 Å². The van der Waals surface area contributed by atoms with Crippen LogP contribution in [0.25, 0.3) is 0 Å². The number of nitrogen functional groups attached to an aromatic ring is 1. The van der Waals surface area contributed by atoms with Crippen LogP contribution in [0.5, 0.6) is 0 Å². The standard InChI is InChI=1S/C11H17N3O3S/c12-10-3-1-2-9(8-10)4-5-11(15)14-6-7-18(13,16)17/h1-3,8H,4-7,12H2,(H,14,15)(H2,13,16,17). The van der Waals surface area contributed by atoms with Gasteiger partial charge in [-0.2, -0.15) is 0 Å². The van der Waals surface area contributed by atoms with E-state index in [4.69, 9.17) is 10.9 Å². The summed E-state index contributed by atoms with van der Waals surface area (Å²) in [6.07, 6.45) is 0.848. The van der Waals surface area contributed by atoms with Crippen molar-refractivity contribution in [3.8, 4) is 0 Å². The van der Waals surface area contributed by atoms with Crippen molar-refractivity contribution in [2.75, 3.05) is 18.0 Å². The number of carbonyl (C=O) groups excluding carboxylic acids is 1. The molecule has 0 bridgehead atoms. The predicted octanol–water partition coefficient (Wildman–Crippen LogP) is -0.394. The highest BCUT2D eigenvalue weighted by Gasteiger charge is 2.05. The summed E-state index contributed by atoms with van der Waals surface area (Å²) in [5.41, 5.74) is 7.24. The van der Waals surface area contributed by atoms with Gasteiger partial charge in [0.1, 0.15) is 0 Å². The van der Waals surface area contributed by atoms with Crippen molar-refractivity contribution in [3.63, 3.8) is 0 Å². The zero-order chi connectivity index (χ0) is 13.6. The Hall–Kier alpha value is -1.60. The van der Waals surface area contributed by atoms with Crippen molar-refractivity contribution < 1.29 is 13.2 Å². The maximum absolute atomic E-state index is 11.4. The third-order valence-electron chi connectivity index (χ3n) is 2.30. The lowest BCUT2D eigenvalue weighted by atomic mass is 10.1. The molecule has 0 saturated carbocycles. The summed E-state index contributed by atoms with van der Waals surface area (Å²) in [5, 5.41) is 7.31. The van der Waals surface area contributed by atoms with Gasteiger partial charge in [-0.25, -0.2) is 13.6 Å². The van der Waals surface area contributed by atoms with Crippen molar-refractivity contribution in [3.05, 3.63) is 29.8 Å². The molecule has 18 heavy (non-hydrogen) atoms. The second-order valence-electron chi connectivity index (χ2n) is 3.96. The van der Waals surface area contributed by atoms with Crippen LogP contribution >= 0.6 is 0 Å². The molecule has 0 fully saturated rings. The lowest BCUT2D eigenvalue weighted by Gasteiger charge is -2.05. The minimum Gasteiger partial charge on any atom is -0.399 e. The van der Waals surface area contributed by atoms with Gasteiger partial charge >= 0.3 is 0 Å². The number of rotatable bonds is 6. The molecule has 0 unspecified atom stereocenters. The molecule has 0 heterocycles. The van der Waals surface area contributed by atoms with Crippen LogP contribution in [0.1, 0.15) is 12.0 Å². The van der Waals surface area contributed by atoms with E-state index in [1.54, 1.807) is 12.1 Å². The van der Waals surface area contributed by atoms with E-state index in [1.807, 2.05) is 12.1 Å². The second kappa shape index (κ2) is 6.36. The average Bonchev–Trinajstić information content (AvgIpc) is 2.25. The van der Waals surface area contributed by atoms with Gasteiger partial charge in [-0.1, -0.05) is 12.1 Å². The van der Waals surface area contributed by atoms with Gasteiger partial charge < -0.3 is 11.1 Å². The molecule has 6 nitrogen and oxygen atoms in total. The molecule has 1 aromatic carbocycles. The maximum atomic E-state index is 11.4. The number of benzene rings is 1. The number of aryl methyl sites for hydroxylation is 1. The summed E-state index contributed by atoms with van der Waals surface area (Å²) in [4.78, 5) is 11.4. The molecule has 0 aliphatic rings. The van der Waals surface area contributed by atoms with E-state index in [-0.39, 0.29) is 24.6 Å². The molecule has 0 aliphatic heterocycles. The van der Waals surface area contributed by atoms with Crippen molar-refractivity contribution in [2.45, 2.75) is 12.8 Å². The van der Waals surface area contributed by atoms with Crippen molar-refractivity contribution in [2.24, 2.45) is 5.14 Å². The first-order valence-corrected chi connectivity index (χ1v) is 7.20. The maximum Gasteiger partial charge on any atom is 0.220 e. The molecule has 100 valence electrons. The van der Waals surface area contributed by atoms with Crippen molar-refractivity contribution in [1.29, 1.82) is 0 Å². The quantitative estimate of drug-likeness (QED) is 0.611. The summed E-state index contributed by atoms with van der Waals surface area (Å²) in [7, 11) is -3.52. The topological polar surface area (TPSA) is 115 Å². The summed E-state index contributed by atoms with van der Waals surface area (Å²) in [6.45, 7) is 0.0363. The molecule has 1 rings (SSSR count). The number of anilines is 1. The number of nitrogens with one attached hydrogen (secondary N) is 1. The highest BCUT2D eigenvalue weighted by molar-refractivity contribution is 7.89. The average molecular weight is 271 g/mol. The van der Waals surface area contributed by atoms with Gasteiger partial charge in [0.05, 0.1) is 5.75 Å². The SMILES string of the molecule is Nc1cccc(CCC(=O)NCCS(N)(=O)=O)c1. The van der Waals surface area contributed by atoms with Gasteiger partial charge in [-0.3, -0.25) is 4.79 Å². The smallest absolute Gasteiger partial charge is 0.220 e. The molecule has 5 N–H and O–H groups in total. The first kappa shape index (κ1) is 14.5. The van der Waals surface area contributed by atoms with Crippen LogP contribution in [0, 0.1) is 0 Å². The summed E-state index contributed by atoms with van der Waals surface area (Å²) in [6, 6.07) is 7.28. The van der Waals surface area contributed by atoms with Gasteiger partial charge in [0.15, 0.2) is 0 Å². The first-order valence-electron chi connectivity index (χ1n) is 5.48. The van der Waals surface area contributed by atoms with Crippen LogP contribution in [0.2, 0.25) is 0 Å². The number of hydrogen-bond donors (Lipinski definition) is 3. The Morgan fingerprint density at radius 2 is 2.06 bits per heavy atom. The third kappa shape index (κ3) is 6.21. The number of amides is 1. The number of hydrogen-bond acceptors (Lipinski definition) is 4. The monoisotopic (exact) mass is 271 g/mol. The Morgan fingerprint density at radius 1 is 1.33 bits per heavy atom. The second-order valence-corrected chi connectivity index (χ2v) is 5.70. The summed E-state index contributed by atoms with van der Waals surface area (Å²) >= 11 is 0. The lowest BCUT2D eigenvalue weighted by Crippen LogP contribution is -2.31. The van der Waals surface area contributed by atoms with E-state index >= 15 is 0 Å². The van der Waals surface area contributed by atoms with E-state index in [0.29, 0.717) is 12.1 Å². The van der Waals surface area contributed by atoms with E-state index in [9.17, 15) is 13.2 Å². The molecule has 1 aromatic rings. The van der Waals surface area contributed by atoms with Crippen molar-refractivity contribution in [1.82, 2.24) is 5.32 Å². The highest BCUT2D eigenvalue weighted by atomic mass is 32.2. The molecule has 0 aromatic heterocycles. The molecule has 7 heteroatoms. The molecule has 1 amide bonds. The van der Waals surface area contributed by atoms with E-state index in [2.05, 4.69) is 5.32 Å². The van der Waals surface area contributed by atoms with Gasteiger partial charge in [-0.15, -0.1) is 0 Å². The fraction of sp³-hybridized carbons (Fsp3) is 0.364. The predicted molar refractivity (Wildman–Crippen MR) is 70.2 cm³/mol. The zero-order valence-electron chi connectivity index (χ0n) is 9.93. The molecule has 0 radical (unpaired) electrons. The van der Waals surface area contributed by atoms with E-state index in [0.717, 1.165) is 5.56 Å². The van der Waals surface area contributed by atoms with Crippen LogP contribution in [-0.4, -0.2) is 26.6 Å². The highest BCUT2D eigenvalue weighted by Crippen LogP contribution is 2.08. The number of carbonyl (C=O) groups is 1. The fourth-order valence-electron chi connectivity index (χ4n) is 1.43. The molecule has 0 atom stereocenters.